The van der Waals surface area contributed by atoms with Gasteiger partial charge in [-0.05, 0) is 31.0 Å². The van der Waals surface area contributed by atoms with Gasteiger partial charge in [-0.2, -0.15) is 0 Å². The van der Waals surface area contributed by atoms with Crippen molar-refractivity contribution in [2.75, 3.05) is 18.9 Å². The van der Waals surface area contributed by atoms with Crippen LogP contribution in [0.25, 0.3) is 0 Å². The molecule has 2 aliphatic heterocycles. The molecule has 0 spiro atoms. The standard InChI is InChI=1S/C18H21N3O4/c1-18(7-8-21(2)17(18)25)16(24)19-13-5-3-11(4-6-13)12-9-14(22)20-15(23)10-12/h3-6,12H,7-10H2,1-2H3,(H,19,24)(H,20,22,23). The highest BCUT2D eigenvalue weighted by molar-refractivity contribution is 6.11. The number of imide groups is 1. The second-order valence-corrected chi connectivity index (χ2v) is 6.96. The molecule has 0 radical (unpaired) electrons. The van der Waals surface area contributed by atoms with Gasteiger partial charge in [0, 0.05) is 38.0 Å². The highest BCUT2D eigenvalue weighted by Gasteiger charge is 2.47. The van der Waals surface area contributed by atoms with Crippen LogP contribution in [-0.2, 0) is 19.2 Å². The molecule has 1 aromatic carbocycles. The summed E-state index contributed by atoms with van der Waals surface area (Å²) in [6.45, 7) is 2.23. The fourth-order valence-electron chi connectivity index (χ4n) is 3.35. The second kappa shape index (κ2) is 6.31. The molecule has 1 aromatic rings. The van der Waals surface area contributed by atoms with E-state index >= 15 is 0 Å². The lowest BCUT2D eigenvalue weighted by Gasteiger charge is -2.22. The predicted molar refractivity (Wildman–Crippen MR) is 90.6 cm³/mol. The molecule has 1 unspecified atom stereocenters. The summed E-state index contributed by atoms with van der Waals surface area (Å²) in [7, 11) is 1.69. The summed E-state index contributed by atoms with van der Waals surface area (Å²) in [6, 6.07) is 7.07. The van der Waals surface area contributed by atoms with E-state index in [1.807, 2.05) is 0 Å². The number of benzene rings is 1. The number of anilines is 1. The summed E-state index contributed by atoms with van der Waals surface area (Å²) in [5, 5.41) is 5.08. The van der Waals surface area contributed by atoms with Gasteiger partial charge < -0.3 is 10.2 Å². The molecule has 0 bridgehead atoms. The molecule has 2 N–H and O–H groups in total. The smallest absolute Gasteiger partial charge is 0.239 e. The van der Waals surface area contributed by atoms with Crippen LogP contribution in [0.3, 0.4) is 0 Å². The molecule has 25 heavy (non-hydrogen) atoms. The lowest BCUT2D eigenvalue weighted by molar-refractivity contribution is -0.141. The maximum absolute atomic E-state index is 12.5. The van der Waals surface area contributed by atoms with E-state index < -0.39 is 5.41 Å². The van der Waals surface area contributed by atoms with Crippen molar-refractivity contribution in [1.82, 2.24) is 10.2 Å². The third kappa shape index (κ3) is 3.26. The molecule has 3 rings (SSSR count). The number of rotatable bonds is 3. The SMILES string of the molecule is CN1CCC(C)(C(=O)Nc2ccc(C3CC(=O)NC(=O)C3)cc2)C1=O. The number of piperidine rings is 1. The van der Waals surface area contributed by atoms with Gasteiger partial charge in [0.1, 0.15) is 5.41 Å². The molecule has 2 saturated heterocycles. The summed E-state index contributed by atoms with van der Waals surface area (Å²) in [6.07, 6.45) is 1.04. The lowest BCUT2D eigenvalue weighted by Crippen LogP contribution is -2.40. The van der Waals surface area contributed by atoms with Crippen LogP contribution in [0.4, 0.5) is 5.69 Å². The average molecular weight is 343 g/mol. The van der Waals surface area contributed by atoms with Crippen molar-refractivity contribution in [2.45, 2.75) is 32.1 Å². The molecule has 132 valence electrons. The van der Waals surface area contributed by atoms with Crippen LogP contribution in [0.1, 0.15) is 37.7 Å². The maximum atomic E-state index is 12.5. The third-order valence-electron chi connectivity index (χ3n) is 5.05. The average Bonchev–Trinajstić information content (AvgIpc) is 2.83. The fraction of sp³-hybridized carbons (Fsp3) is 0.444. The normalized spacial score (nSPS) is 24.4. The monoisotopic (exact) mass is 343 g/mol. The summed E-state index contributed by atoms with van der Waals surface area (Å²) in [5.41, 5.74) is 0.425. The minimum atomic E-state index is -1.04. The van der Waals surface area contributed by atoms with Crippen LogP contribution >= 0.6 is 0 Å². The molecule has 7 heteroatoms. The minimum Gasteiger partial charge on any atom is -0.345 e. The molecule has 2 fully saturated rings. The van der Waals surface area contributed by atoms with Crippen LogP contribution in [0.5, 0.6) is 0 Å². The topological polar surface area (TPSA) is 95.6 Å². The van der Waals surface area contributed by atoms with Crippen LogP contribution in [0, 0.1) is 5.41 Å². The first-order chi connectivity index (χ1) is 11.8. The van der Waals surface area contributed by atoms with Crippen LogP contribution in [0.2, 0.25) is 0 Å². The zero-order valence-electron chi connectivity index (χ0n) is 14.3. The molecule has 1 atom stereocenters. The lowest BCUT2D eigenvalue weighted by atomic mass is 9.87. The van der Waals surface area contributed by atoms with Crippen LogP contribution in [0.15, 0.2) is 24.3 Å². The molecule has 0 aromatic heterocycles. The van der Waals surface area contributed by atoms with E-state index in [-0.39, 0.29) is 42.4 Å². The van der Waals surface area contributed by atoms with Gasteiger partial charge in [0.15, 0.2) is 0 Å². The number of likely N-dealkylation sites (tertiary alicyclic amines) is 1. The number of hydrogen-bond donors (Lipinski definition) is 2. The Hall–Kier alpha value is -2.70. The van der Waals surface area contributed by atoms with E-state index in [0.717, 1.165) is 5.56 Å². The van der Waals surface area contributed by atoms with Crippen molar-refractivity contribution in [3.8, 4) is 0 Å². The number of amides is 4. The number of nitrogens with one attached hydrogen (secondary N) is 2. The van der Waals surface area contributed by atoms with Crippen molar-refractivity contribution < 1.29 is 19.2 Å². The van der Waals surface area contributed by atoms with E-state index in [1.54, 1.807) is 43.1 Å². The molecule has 0 aliphatic carbocycles. The largest absolute Gasteiger partial charge is 0.345 e. The van der Waals surface area contributed by atoms with Crippen molar-refractivity contribution in [1.29, 1.82) is 0 Å². The van der Waals surface area contributed by atoms with E-state index in [0.29, 0.717) is 18.7 Å². The summed E-state index contributed by atoms with van der Waals surface area (Å²) >= 11 is 0. The van der Waals surface area contributed by atoms with Gasteiger partial charge in [0.05, 0.1) is 0 Å². The Morgan fingerprint density at radius 1 is 1.16 bits per heavy atom. The maximum Gasteiger partial charge on any atom is 0.239 e. The molecule has 0 saturated carbocycles. The number of hydrogen-bond acceptors (Lipinski definition) is 4. The van der Waals surface area contributed by atoms with Gasteiger partial charge in [-0.3, -0.25) is 24.5 Å². The van der Waals surface area contributed by atoms with Gasteiger partial charge in [-0.25, -0.2) is 0 Å². The Morgan fingerprint density at radius 3 is 2.28 bits per heavy atom. The van der Waals surface area contributed by atoms with Crippen molar-refractivity contribution in [3.05, 3.63) is 29.8 Å². The van der Waals surface area contributed by atoms with E-state index in [4.69, 9.17) is 0 Å². The van der Waals surface area contributed by atoms with E-state index in [1.165, 1.54) is 0 Å². The van der Waals surface area contributed by atoms with Gasteiger partial charge >= 0.3 is 0 Å². The Kier molecular flexibility index (Phi) is 4.32. The molecule has 7 nitrogen and oxygen atoms in total. The Bertz CT molecular complexity index is 727. The molecular formula is C18H21N3O4. The molecule has 4 amide bonds. The van der Waals surface area contributed by atoms with E-state index in [2.05, 4.69) is 10.6 Å². The first kappa shape index (κ1) is 17.1. The number of nitrogens with zero attached hydrogens (tertiary/aromatic N) is 1. The molecule has 2 heterocycles. The number of carbonyl (C=O) groups excluding carboxylic acids is 4. The van der Waals surface area contributed by atoms with Crippen molar-refractivity contribution >= 4 is 29.3 Å². The van der Waals surface area contributed by atoms with Gasteiger partial charge in [0.2, 0.25) is 23.6 Å². The second-order valence-electron chi connectivity index (χ2n) is 6.96. The predicted octanol–water partition coefficient (Wildman–Crippen LogP) is 1.01. The molecule has 2 aliphatic rings. The quantitative estimate of drug-likeness (QED) is 0.632. The minimum absolute atomic E-state index is 0.145. The first-order valence-corrected chi connectivity index (χ1v) is 8.29. The Balaban J connectivity index is 1.69. The summed E-state index contributed by atoms with van der Waals surface area (Å²) < 4.78 is 0. The van der Waals surface area contributed by atoms with Gasteiger partial charge in [-0.15, -0.1) is 0 Å². The van der Waals surface area contributed by atoms with Crippen molar-refractivity contribution in [2.24, 2.45) is 5.41 Å². The number of carbonyl (C=O) groups is 4. The zero-order chi connectivity index (χ0) is 18.2. The zero-order valence-corrected chi connectivity index (χ0v) is 14.3. The van der Waals surface area contributed by atoms with Gasteiger partial charge in [0.25, 0.3) is 0 Å². The summed E-state index contributed by atoms with van der Waals surface area (Å²) in [4.78, 5) is 49.2. The third-order valence-corrected chi connectivity index (χ3v) is 5.05. The molecular weight excluding hydrogens is 322 g/mol. The highest BCUT2D eigenvalue weighted by Crippen LogP contribution is 2.32. The first-order valence-electron chi connectivity index (χ1n) is 8.29. The Labute approximate surface area is 145 Å². The summed E-state index contributed by atoms with van der Waals surface area (Å²) in [5.74, 6) is -1.17. The van der Waals surface area contributed by atoms with Gasteiger partial charge in [-0.1, -0.05) is 12.1 Å². The Morgan fingerprint density at radius 2 is 1.76 bits per heavy atom. The highest BCUT2D eigenvalue weighted by atomic mass is 16.2. The van der Waals surface area contributed by atoms with Crippen LogP contribution < -0.4 is 10.6 Å². The van der Waals surface area contributed by atoms with Crippen molar-refractivity contribution in [3.63, 3.8) is 0 Å². The van der Waals surface area contributed by atoms with Crippen LogP contribution in [-0.4, -0.2) is 42.1 Å². The fourth-order valence-corrected chi connectivity index (χ4v) is 3.35. The van der Waals surface area contributed by atoms with E-state index in [9.17, 15) is 19.2 Å².